The molecule has 0 radical (unpaired) electrons. The lowest BCUT2D eigenvalue weighted by molar-refractivity contribution is -0.106. The van der Waals surface area contributed by atoms with Crippen LogP contribution in [0.3, 0.4) is 0 Å². The number of rotatable bonds is 2. The highest BCUT2D eigenvalue weighted by atomic mass is 16.1. The second-order valence-corrected chi connectivity index (χ2v) is 8.34. The summed E-state index contributed by atoms with van der Waals surface area (Å²) in [6.45, 7) is 7.98. The summed E-state index contributed by atoms with van der Waals surface area (Å²) in [5.41, 5.74) is 9.89. The van der Waals surface area contributed by atoms with Crippen LogP contribution in [0.4, 0.5) is 11.6 Å². The van der Waals surface area contributed by atoms with Crippen LogP contribution in [0.15, 0.2) is 30.6 Å². The van der Waals surface area contributed by atoms with Gasteiger partial charge in [0.2, 0.25) is 5.95 Å². The molecule has 0 spiro atoms. The Morgan fingerprint density at radius 3 is 2.37 bits per heavy atom. The third kappa shape index (κ3) is 6.03. The molecule has 2 aliphatic rings. The van der Waals surface area contributed by atoms with E-state index in [2.05, 4.69) is 60.9 Å². The maximum absolute atomic E-state index is 8.96. The molecule has 1 aliphatic heterocycles. The molecule has 1 aliphatic carbocycles. The lowest BCUT2D eigenvalue weighted by atomic mass is 9.84. The monoisotopic (exact) mass is 407 g/mol. The second-order valence-electron chi connectivity index (χ2n) is 8.34. The number of fused-ring (bicyclic) bond motifs is 1. The van der Waals surface area contributed by atoms with Gasteiger partial charge in [0.25, 0.3) is 0 Å². The number of carbonyl (C=O) groups is 1. The van der Waals surface area contributed by atoms with Crippen LogP contribution in [0.2, 0.25) is 0 Å². The summed E-state index contributed by atoms with van der Waals surface area (Å²) in [5.74, 6) is 2.41. The van der Waals surface area contributed by atoms with Crippen LogP contribution < -0.4 is 10.6 Å². The number of hydrogen-bond acceptors (Lipinski definition) is 6. The minimum atomic E-state index is 0.337. The predicted molar refractivity (Wildman–Crippen MR) is 121 cm³/mol. The second kappa shape index (κ2) is 10.7. The molecule has 2 N–H and O–H groups in total. The summed E-state index contributed by atoms with van der Waals surface area (Å²) < 4.78 is 0. The molecule has 1 unspecified atom stereocenters. The number of nitriles is 1. The van der Waals surface area contributed by atoms with E-state index in [1.165, 1.54) is 31.0 Å². The fraction of sp³-hybridized carbons (Fsp3) is 0.500. The molecule has 2 heterocycles. The van der Waals surface area contributed by atoms with Crippen molar-refractivity contribution in [1.29, 1.82) is 5.26 Å². The van der Waals surface area contributed by atoms with Crippen molar-refractivity contribution >= 4 is 17.9 Å². The van der Waals surface area contributed by atoms with Crippen LogP contribution in [0, 0.1) is 23.2 Å². The summed E-state index contributed by atoms with van der Waals surface area (Å²) in [7, 11) is 2.21. The van der Waals surface area contributed by atoms with Crippen LogP contribution in [0.5, 0.6) is 0 Å². The molecule has 4 rings (SSSR count). The molecule has 1 aromatic heterocycles. The van der Waals surface area contributed by atoms with E-state index in [9.17, 15) is 0 Å². The molecule has 6 heteroatoms. The Balaban J connectivity index is 0.000000210. The maximum atomic E-state index is 8.96. The molecule has 6 nitrogen and oxygen atoms in total. The molecule has 0 saturated heterocycles. The topological polar surface area (TPSA) is 95.9 Å². The zero-order valence-electron chi connectivity index (χ0n) is 18.7. The highest BCUT2D eigenvalue weighted by molar-refractivity contribution is 5.59. The van der Waals surface area contributed by atoms with Crippen molar-refractivity contribution in [2.45, 2.75) is 58.9 Å². The van der Waals surface area contributed by atoms with Gasteiger partial charge in [-0.3, -0.25) is 0 Å². The minimum absolute atomic E-state index is 0.337. The summed E-state index contributed by atoms with van der Waals surface area (Å²) in [6.07, 6.45) is 8.17. The normalized spacial score (nSPS) is 19.4. The van der Waals surface area contributed by atoms with Gasteiger partial charge in [0.1, 0.15) is 6.29 Å². The predicted octanol–water partition coefficient (Wildman–Crippen LogP) is 4.35. The van der Waals surface area contributed by atoms with Crippen molar-refractivity contribution in [2.75, 3.05) is 17.7 Å². The molecule has 30 heavy (non-hydrogen) atoms. The Kier molecular flexibility index (Phi) is 8.35. The van der Waals surface area contributed by atoms with E-state index in [0.717, 1.165) is 29.8 Å². The first kappa shape index (κ1) is 23.3. The van der Waals surface area contributed by atoms with Gasteiger partial charge in [-0.15, -0.1) is 0 Å². The third-order valence-electron chi connectivity index (χ3n) is 5.62. The van der Waals surface area contributed by atoms with Crippen LogP contribution in [-0.4, -0.2) is 29.3 Å². The summed E-state index contributed by atoms with van der Waals surface area (Å²) >= 11 is 0. The fourth-order valence-electron chi connectivity index (χ4n) is 4.04. The largest absolute Gasteiger partial charge is 0.371 e. The number of nitrogens with two attached hydrogens (primary N) is 1. The molecule has 2 aromatic rings. The van der Waals surface area contributed by atoms with Gasteiger partial charge in [-0.05, 0) is 73.3 Å². The van der Waals surface area contributed by atoms with E-state index in [-0.39, 0.29) is 0 Å². The molecular formula is C24H33N5O. The smallest absolute Gasteiger partial charge is 0.219 e. The van der Waals surface area contributed by atoms with Gasteiger partial charge in [0.05, 0.1) is 11.6 Å². The Hall–Kier alpha value is -2.94. The Morgan fingerprint density at radius 1 is 1.27 bits per heavy atom. The van der Waals surface area contributed by atoms with E-state index in [4.69, 9.17) is 15.8 Å². The van der Waals surface area contributed by atoms with Crippen molar-refractivity contribution in [3.05, 3.63) is 47.3 Å². The van der Waals surface area contributed by atoms with Crippen molar-refractivity contribution in [2.24, 2.45) is 11.8 Å². The highest BCUT2D eigenvalue weighted by Gasteiger charge is 2.40. The van der Waals surface area contributed by atoms with Gasteiger partial charge in [-0.2, -0.15) is 5.26 Å². The minimum Gasteiger partial charge on any atom is -0.371 e. The first-order chi connectivity index (χ1) is 14.3. The van der Waals surface area contributed by atoms with E-state index in [1.807, 2.05) is 6.07 Å². The van der Waals surface area contributed by atoms with Crippen LogP contribution in [0.1, 0.15) is 63.1 Å². The number of benzene rings is 1. The van der Waals surface area contributed by atoms with Crippen molar-refractivity contribution in [3.8, 4) is 6.07 Å². The fourth-order valence-corrected chi connectivity index (χ4v) is 4.04. The number of hydrogen-bond donors (Lipinski definition) is 1. The molecular weight excluding hydrogens is 374 g/mol. The van der Waals surface area contributed by atoms with E-state index in [1.54, 1.807) is 12.4 Å². The van der Waals surface area contributed by atoms with Gasteiger partial charge in [0, 0.05) is 31.2 Å². The zero-order chi connectivity index (χ0) is 22.3. The molecule has 0 amide bonds. The van der Waals surface area contributed by atoms with Gasteiger partial charge in [0.15, 0.2) is 0 Å². The molecule has 2 atom stereocenters. The van der Waals surface area contributed by atoms with Crippen LogP contribution >= 0.6 is 0 Å². The number of aldehydes is 1. The standard InChI is InChI=1S/C15H18N2.C7H11N3.C2H4O/c1-10-7-13-8-11(9-16)3-6-14(13)17(2)15(10)12-4-5-12;1-5(2)6-3-9-7(8)10-4-6;1-2-3/h3,6,8,10,12,15H,4-5,7H2,1-2H3;3-5H,1-2H3,(H2,8,9,10);2H,1H3/t10?,15-;;/m1../s1. The molecule has 1 aromatic carbocycles. The third-order valence-corrected chi connectivity index (χ3v) is 5.62. The highest BCUT2D eigenvalue weighted by Crippen LogP contribution is 2.44. The molecule has 1 fully saturated rings. The number of carbonyl (C=O) groups excluding carboxylic acids is 1. The number of nitrogen functional groups attached to an aromatic ring is 1. The van der Waals surface area contributed by atoms with Crippen LogP contribution in [-0.2, 0) is 11.2 Å². The molecule has 160 valence electrons. The summed E-state index contributed by atoms with van der Waals surface area (Å²) in [5, 5.41) is 8.96. The van der Waals surface area contributed by atoms with Gasteiger partial charge < -0.3 is 15.4 Å². The number of aromatic nitrogens is 2. The van der Waals surface area contributed by atoms with Crippen LogP contribution in [0.25, 0.3) is 0 Å². The quantitative estimate of drug-likeness (QED) is 0.743. The van der Waals surface area contributed by atoms with Gasteiger partial charge in [-0.1, -0.05) is 20.8 Å². The van der Waals surface area contributed by atoms with Crippen molar-refractivity contribution in [3.63, 3.8) is 0 Å². The Morgan fingerprint density at radius 2 is 1.87 bits per heavy atom. The van der Waals surface area contributed by atoms with Gasteiger partial charge in [-0.25, -0.2) is 9.97 Å². The summed E-state index contributed by atoms with van der Waals surface area (Å²) in [6, 6.07) is 9.06. The SMILES string of the molecule is CC(C)c1cnc(N)nc1.CC1Cc2cc(C#N)ccc2N(C)[C@H]1C1CC1.CC=O. The zero-order valence-corrected chi connectivity index (χ0v) is 18.7. The Bertz CT molecular complexity index is 868. The Labute approximate surface area is 180 Å². The average molecular weight is 408 g/mol. The number of anilines is 2. The van der Waals surface area contributed by atoms with E-state index in [0.29, 0.717) is 23.8 Å². The van der Waals surface area contributed by atoms with Gasteiger partial charge >= 0.3 is 0 Å². The first-order valence-electron chi connectivity index (χ1n) is 10.5. The summed E-state index contributed by atoms with van der Waals surface area (Å²) in [4.78, 5) is 19.0. The molecule has 1 saturated carbocycles. The van der Waals surface area contributed by atoms with E-state index >= 15 is 0 Å². The van der Waals surface area contributed by atoms with Crippen molar-refractivity contribution in [1.82, 2.24) is 9.97 Å². The molecule has 0 bridgehead atoms. The van der Waals surface area contributed by atoms with Crippen molar-refractivity contribution < 1.29 is 4.79 Å². The number of nitrogens with zero attached hydrogens (tertiary/aromatic N) is 4. The first-order valence-corrected chi connectivity index (χ1v) is 10.5. The van der Waals surface area contributed by atoms with E-state index < -0.39 is 0 Å². The average Bonchev–Trinajstić information content (AvgIpc) is 3.54. The lowest BCUT2D eigenvalue weighted by Gasteiger charge is -2.40. The maximum Gasteiger partial charge on any atom is 0.219 e. The lowest BCUT2D eigenvalue weighted by Crippen LogP contribution is -2.43.